The fourth-order valence-corrected chi connectivity index (χ4v) is 13.5. The Bertz CT molecular complexity index is 4840. The zero-order valence-electron chi connectivity index (χ0n) is 48.9. The van der Waals surface area contributed by atoms with Gasteiger partial charge in [-0.2, -0.15) is 0 Å². The maximum atomic E-state index is 6.67. The summed E-state index contributed by atoms with van der Waals surface area (Å²) in [5.41, 5.74) is 27.0. The minimum Gasteiger partial charge on any atom is -0.455 e. The molecule has 5 heterocycles. The molecule has 2 aliphatic heterocycles. The average molecular weight is 1080 g/mol. The molecule has 0 amide bonds. The summed E-state index contributed by atoms with van der Waals surface area (Å²) in [4.78, 5) is 5.16. The number of anilines is 6. The van der Waals surface area contributed by atoms with Crippen molar-refractivity contribution in [1.82, 2.24) is 4.57 Å². The minimum absolute atomic E-state index is 0.121. The second-order valence-electron chi connectivity index (χ2n) is 24.7. The summed E-state index contributed by atoms with van der Waals surface area (Å²) in [5, 5.41) is 5.27. The first-order chi connectivity index (χ1) is 40.1. The van der Waals surface area contributed by atoms with Crippen LogP contribution in [0.4, 0.5) is 34.1 Å². The lowest BCUT2D eigenvalue weighted by Gasteiger charge is -2.46. The molecule has 14 rings (SSSR count). The lowest BCUT2D eigenvalue weighted by atomic mass is 9.33. The van der Waals surface area contributed by atoms with Gasteiger partial charge in [0.05, 0.1) is 16.9 Å². The van der Waals surface area contributed by atoms with Gasteiger partial charge in [-0.25, -0.2) is 0 Å². The van der Waals surface area contributed by atoms with Crippen LogP contribution in [0.3, 0.4) is 0 Å². The lowest BCUT2D eigenvalue weighted by Crippen LogP contribution is -2.61. The van der Waals surface area contributed by atoms with Crippen molar-refractivity contribution in [2.45, 2.75) is 73.1 Å². The first-order valence-corrected chi connectivity index (χ1v) is 29.0. The van der Waals surface area contributed by atoms with Crippen molar-refractivity contribution in [2.24, 2.45) is 0 Å². The maximum absolute atomic E-state index is 6.67. The number of aryl methyl sites for hydroxylation is 2. The zero-order valence-corrected chi connectivity index (χ0v) is 48.9. The van der Waals surface area contributed by atoms with E-state index in [4.69, 9.17) is 8.83 Å². The van der Waals surface area contributed by atoms with E-state index in [1.54, 1.807) is 0 Å². The van der Waals surface area contributed by atoms with Crippen molar-refractivity contribution in [3.63, 3.8) is 0 Å². The normalized spacial score (nSPS) is 13.6. The van der Waals surface area contributed by atoms with Gasteiger partial charge in [-0.1, -0.05) is 183 Å². The van der Waals surface area contributed by atoms with E-state index in [1.807, 2.05) is 36.4 Å². The molecule has 83 heavy (non-hydrogen) atoms. The van der Waals surface area contributed by atoms with Crippen molar-refractivity contribution in [2.75, 3.05) is 9.80 Å². The molecule has 0 spiro atoms. The highest BCUT2D eigenvalue weighted by Crippen LogP contribution is 2.50. The number of benzene rings is 9. The van der Waals surface area contributed by atoms with Crippen LogP contribution in [-0.2, 0) is 10.8 Å². The third-order valence-electron chi connectivity index (χ3n) is 17.5. The van der Waals surface area contributed by atoms with Crippen molar-refractivity contribution >= 4 is 125 Å². The molecule has 2 aliphatic rings. The predicted octanol–water partition coefficient (Wildman–Crippen LogP) is 17.7. The highest BCUT2D eigenvalue weighted by molar-refractivity contribution is 7.00. The molecule has 0 fully saturated rings. The first kappa shape index (κ1) is 51.6. The molecule has 0 bridgehead atoms. The highest BCUT2D eigenvalue weighted by Gasteiger charge is 2.45. The van der Waals surface area contributed by atoms with Crippen LogP contribution in [0.1, 0.15) is 87.5 Å². The van der Waals surface area contributed by atoms with E-state index in [2.05, 4.69) is 260 Å². The van der Waals surface area contributed by atoms with Crippen molar-refractivity contribution in [3.8, 4) is 16.8 Å². The second kappa shape index (κ2) is 19.0. The van der Waals surface area contributed by atoms with Crippen LogP contribution in [0, 0.1) is 13.8 Å². The number of hydrogen-bond donors (Lipinski definition) is 0. The predicted molar refractivity (Wildman–Crippen MR) is 355 cm³/mol. The molecule has 0 saturated carbocycles. The van der Waals surface area contributed by atoms with Gasteiger partial charge in [0.2, 0.25) is 0 Å². The van der Waals surface area contributed by atoms with Gasteiger partial charge < -0.3 is 23.2 Å². The van der Waals surface area contributed by atoms with Gasteiger partial charge in [0, 0.05) is 77.6 Å². The first-order valence-electron chi connectivity index (χ1n) is 29.0. The van der Waals surface area contributed by atoms with Gasteiger partial charge in [0.25, 0.3) is 6.71 Å². The fraction of sp³-hybridized carbons (Fsp3) is 0.143. The Morgan fingerprint density at radius 3 is 1.84 bits per heavy atom. The van der Waals surface area contributed by atoms with Crippen LogP contribution in [0.25, 0.3) is 84.9 Å². The number of hydrogen-bond acceptors (Lipinski definition) is 4. The second-order valence-corrected chi connectivity index (χ2v) is 24.7. The largest absolute Gasteiger partial charge is 0.455 e. The monoisotopic (exact) mass is 1080 g/mol. The van der Waals surface area contributed by atoms with Crippen molar-refractivity contribution in [1.29, 1.82) is 0 Å². The number of furan rings is 2. The third kappa shape index (κ3) is 7.98. The van der Waals surface area contributed by atoms with E-state index in [-0.39, 0.29) is 17.5 Å². The van der Waals surface area contributed by atoms with Gasteiger partial charge in [-0.3, -0.25) is 0 Å². The Morgan fingerprint density at radius 1 is 0.554 bits per heavy atom. The standard InChI is InChI=1S/C77H66BN3O2/c1-13-24-58-61-44-63-67(45-65(61)79(64(58)15-3)53-25-17-16-18-26-53)80(54-36-33-49(34-37-54)55(14-2)74-48(6)56-27-19-21-31-70(56)82-74)68-42-52(77(10,11)12)43-69-72(68)78(63)62-38-35-51(76(7,8)9)41-66(62)81(69)73-46(4)39-50(40-47(73)5)57-29-23-30-60-59-28-20-22-32-71(59)83-75(57)60/h13-45H,2-3,6H2,1,4-5,7-12H3/b24-13-,74-55-. The number of allylic oxidation sites excluding steroid dienone is 2. The number of nitrogens with zero attached hydrogens (tertiary/aromatic N) is 3. The minimum atomic E-state index is -0.228. The summed E-state index contributed by atoms with van der Waals surface area (Å²) < 4.78 is 15.6. The van der Waals surface area contributed by atoms with Crippen molar-refractivity contribution < 1.29 is 8.83 Å². The molecule has 5 nitrogen and oxygen atoms in total. The molecular formula is C77H66BN3O2. The molecule has 0 N–H and O–H groups in total. The Hall–Kier alpha value is -9.52. The quantitative estimate of drug-likeness (QED) is 0.142. The van der Waals surface area contributed by atoms with Crippen molar-refractivity contribution in [3.05, 3.63) is 251 Å². The number of rotatable bonds is 8. The molecule has 404 valence electrons. The molecule has 0 aliphatic carbocycles. The van der Waals surface area contributed by atoms with Crippen LogP contribution in [0.15, 0.2) is 210 Å². The Labute approximate surface area is 486 Å². The molecule has 0 radical (unpaired) electrons. The highest BCUT2D eigenvalue weighted by atomic mass is 16.3. The third-order valence-corrected chi connectivity index (χ3v) is 17.5. The molecule has 0 saturated heterocycles. The topological polar surface area (TPSA) is 37.7 Å². The molecule has 6 heteroatoms. The van der Waals surface area contributed by atoms with Gasteiger partial charge in [-0.05, 0) is 160 Å². The smallest absolute Gasteiger partial charge is 0.252 e. The van der Waals surface area contributed by atoms with E-state index >= 15 is 0 Å². The summed E-state index contributed by atoms with van der Waals surface area (Å²) in [6.45, 7) is 33.8. The summed E-state index contributed by atoms with van der Waals surface area (Å²) in [5.74, 6) is 0. The average Bonchev–Trinajstić information content (AvgIpc) is 1.61. The van der Waals surface area contributed by atoms with E-state index in [1.165, 1.54) is 61.1 Å². The number of aromatic nitrogens is 1. The van der Waals surface area contributed by atoms with Gasteiger partial charge in [-0.15, -0.1) is 0 Å². The Balaban J connectivity index is 1.07. The van der Waals surface area contributed by atoms with Gasteiger partial charge in [0.15, 0.2) is 0 Å². The van der Waals surface area contributed by atoms with Gasteiger partial charge in [0.1, 0.15) is 22.2 Å². The number of para-hydroxylation sites is 4. The zero-order chi connectivity index (χ0) is 57.4. The summed E-state index contributed by atoms with van der Waals surface area (Å²) in [6, 6.07) is 64.7. The van der Waals surface area contributed by atoms with Crippen LogP contribution in [-0.4, -0.2) is 11.3 Å². The molecule has 12 aromatic rings. The Kier molecular flexibility index (Phi) is 11.8. The van der Waals surface area contributed by atoms with E-state index in [9.17, 15) is 0 Å². The maximum Gasteiger partial charge on any atom is 0.252 e. The van der Waals surface area contributed by atoms with E-state index in [0.717, 1.165) is 105 Å². The van der Waals surface area contributed by atoms with Gasteiger partial charge >= 0.3 is 0 Å². The SMILES string of the molecule is C=C/C(c1ccc(N2c3cc4c(cc3B3c5ccc(C(C)(C)C)cc5N(c5c(C)cc(-c6cccc7c6oc6ccccc67)cc5C)c5cc(C(C)(C)C)cc2c53)c(/C=C\C)c(C=C)n4-c2ccccc2)cc1)=c1/oc2ccccc2c1=C. The molecule has 9 aromatic carbocycles. The molecule has 0 atom stereocenters. The molecule has 0 unspecified atom stereocenters. The summed E-state index contributed by atoms with van der Waals surface area (Å²) in [7, 11) is 0. The van der Waals surface area contributed by atoms with Crippen LogP contribution < -0.4 is 36.8 Å². The van der Waals surface area contributed by atoms with Crippen LogP contribution in [0.5, 0.6) is 0 Å². The van der Waals surface area contributed by atoms with Crippen LogP contribution >= 0.6 is 0 Å². The van der Waals surface area contributed by atoms with E-state index < -0.39 is 0 Å². The molecular weight excluding hydrogens is 1010 g/mol. The molecule has 3 aromatic heterocycles. The number of fused-ring (bicyclic) bond motifs is 9. The summed E-state index contributed by atoms with van der Waals surface area (Å²) >= 11 is 0. The fourth-order valence-electron chi connectivity index (χ4n) is 13.5. The van der Waals surface area contributed by atoms with Crippen LogP contribution in [0.2, 0.25) is 0 Å². The lowest BCUT2D eigenvalue weighted by molar-refractivity contribution is 0.573. The van der Waals surface area contributed by atoms with E-state index in [0.29, 0.717) is 0 Å². The summed E-state index contributed by atoms with van der Waals surface area (Å²) in [6.07, 6.45) is 8.31. The Morgan fingerprint density at radius 2 is 1.18 bits per heavy atom.